The third-order valence-corrected chi connectivity index (χ3v) is 9.30. The van der Waals surface area contributed by atoms with E-state index in [1.807, 2.05) is 12.1 Å². The van der Waals surface area contributed by atoms with Crippen LogP contribution in [0.3, 0.4) is 0 Å². The minimum atomic E-state index is -0.460. The van der Waals surface area contributed by atoms with Crippen LogP contribution in [-0.2, 0) is 25.8 Å². The number of nitrogens with one attached hydrogen (secondary N) is 2. The maximum Gasteiger partial charge on any atom is 0.232 e. The van der Waals surface area contributed by atoms with Gasteiger partial charge in [0.1, 0.15) is 5.75 Å². The molecule has 0 aliphatic heterocycles. The van der Waals surface area contributed by atoms with Gasteiger partial charge in [-0.25, -0.2) is 0 Å². The van der Waals surface area contributed by atoms with Crippen LogP contribution in [-0.4, -0.2) is 24.2 Å². The molecule has 3 rings (SSSR count). The van der Waals surface area contributed by atoms with E-state index >= 15 is 0 Å². The predicted octanol–water partition coefficient (Wildman–Crippen LogP) is 10.0. The van der Waals surface area contributed by atoms with Crippen LogP contribution in [0.4, 0.5) is 11.4 Å². The second kappa shape index (κ2) is 15.3. The van der Waals surface area contributed by atoms with Crippen molar-refractivity contribution in [2.75, 3.05) is 17.2 Å². The smallest absolute Gasteiger partial charge is 0.232 e. The topological polar surface area (TPSA) is 84.5 Å². The Kier molecular flexibility index (Phi) is 12.2. The largest absolute Gasteiger partial charge is 0.493 e. The van der Waals surface area contributed by atoms with Gasteiger partial charge >= 0.3 is 0 Å². The Labute approximate surface area is 280 Å². The molecule has 248 valence electrons. The summed E-state index contributed by atoms with van der Waals surface area (Å²) < 4.78 is 6.21. The summed E-state index contributed by atoms with van der Waals surface area (Å²) in [6.45, 7) is 20.1. The average Bonchev–Trinajstić information content (AvgIpc) is 3.00. The number of benzene rings is 3. The van der Waals surface area contributed by atoms with Gasteiger partial charge in [0.25, 0.3) is 0 Å². The number of ketones is 1. The Hall–Kier alpha value is -3.64. The first-order valence-corrected chi connectivity index (χ1v) is 16.7. The Balaban J connectivity index is 1.51. The Bertz CT molecular complexity index is 1530. The van der Waals surface area contributed by atoms with Crippen molar-refractivity contribution in [1.82, 2.24) is 0 Å². The van der Waals surface area contributed by atoms with E-state index in [4.69, 9.17) is 16.3 Å². The van der Waals surface area contributed by atoms with Gasteiger partial charge in [0.05, 0.1) is 23.7 Å². The molecule has 0 aromatic heterocycles. The molecule has 3 aromatic carbocycles. The highest BCUT2D eigenvalue weighted by Crippen LogP contribution is 2.38. The summed E-state index contributed by atoms with van der Waals surface area (Å²) in [5.41, 5.74) is 5.01. The SMILES string of the molecule is CCC(C)(C)c1ccc(OCCCC(=O)Nc2ccc(NC(=O)CC(=O)c3ccc(C(C)(C)C)cc3)c(Cl)c2)c(C(C)(C)CC)c1. The zero-order valence-corrected chi connectivity index (χ0v) is 29.8. The first-order valence-electron chi connectivity index (χ1n) is 16.3. The molecule has 0 heterocycles. The Morgan fingerprint density at radius 1 is 0.739 bits per heavy atom. The molecule has 0 fully saturated rings. The average molecular weight is 647 g/mol. The zero-order valence-electron chi connectivity index (χ0n) is 29.0. The van der Waals surface area contributed by atoms with Gasteiger partial charge in [-0.2, -0.15) is 0 Å². The molecule has 2 amide bonds. The molecule has 0 radical (unpaired) electrons. The number of carbonyl (C=O) groups excluding carboxylic acids is 3. The lowest BCUT2D eigenvalue weighted by atomic mass is 9.76. The van der Waals surface area contributed by atoms with Gasteiger partial charge in [-0.3, -0.25) is 14.4 Å². The van der Waals surface area contributed by atoms with Gasteiger partial charge in [-0.05, 0) is 70.9 Å². The highest BCUT2D eigenvalue weighted by atomic mass is 35.5. The van der Waals surface area contributed by atoms with Crippen LogP contribution in [0.2, 0.25) is 5.02 Å². The quantitative estimate of drug-likeness (QED) is 0.104. The maximum atomic E-state index is 12.7. The van der Waals surface area contributed by atoms with E-state index in [-0.39, 0.29) is 45.8 Å². The summed E-state index contributed by atoms with van der Waals surface area (Å²) in [5.74, 6) is -0.0244. The van der Waals surface area contributed by atoms with Crippen LogP contribution in [0.5, 0.6) is 5.75 Å². The monoisotopic (exact) mass is 646 g/mol. The number of anilines is 2. The molecule has 7 heteroatoms. The van der Waals surface area contributed by atoms with Crippen molar-refractivity contribution < 1.29 is 19.1 Å². The van der Waals surface area contributed by atoms with E-state index < -0.39 is 5.91 Å². The molecule has 46 heavy (non-hydrogen) atoms. The fourth-order valence-corrected chi connectivity index (χ4v) is 5.16. The van der Waals surface area contributed by atoms with Crippen LogP contribution in [0.1, 0.15) is 121 Å². The van der Waals surface area contributed by atoms with Crippen molar-refractivity contribution in [3.8, 4) is 5.75 Å². The summed E-state index contributed by atoms with van der Waals surface area (Å²) >= 11 is 6.41. The van der Waals surface area contributed by atoms with Crippen molar-refractivity contribution in [2.24, 2.45) is 0 Å². The third-order valence-electron chi connectivity index (χ3n) is 8.98. The molecule has 0 aliphatic carbocycles. The van der Waals surface area contributed by atoms with Crippen LogP contribution in [0.25, 0.3) is 0 Å². The number of carbonyl (C=O) groups is 3. The number of hydrogen-bond donors (Lipinski definition) is 2. The predicted molar refractivity (Wildman–Crippen MR) is 191 cm³/mol. The second-order valence-corrected chi connectivity index (χ2v) is 14.8. The first-order chi connectivity index (χ1) is 21.5. The third kappa shape index (κ3) is 9.93. The number of halogens is 1. The lowest BCUT2D eigenvalue weighted by Gasteiger charge is -2.30. The molecular formula is C39H51ClN2O4. The van der Waals surface area contributed by atoms with Crippen molar-refractivity contribution in [2.45, 2.75) is 111 Å². The summed E-state index contributed by atoms with van der Waals surface area (Å²) in [5, 5.41) is 5.82. The van der Waals surface area contributed by atoms with E-state index in [2.05, 4.69) is 91.1 Å². The van der Waals surface area contributed by atoms with Crippen LogP contribution in [0.15, 0.2) is 60.7 Å². The zero-order chi connectivity index (χ0) is 34.3. The van der Waals surface area contributed by atoms with E-state index in [0.717, 1.165) is 24.2 Å². The van der Waals surface area contributed by atoms with Crippen molar-refractivity contribution in [3.05, 3.63) is 87.9 Å². The summed E-state index contributed by atoms with van der Waals surface area (Å²) in [6, 6.07) is 18.7. The van der Waals surface area contributed by atoms with Crippen molar-refractivity contribution in [1.29, 1.82) is 0 Å². The molecule has 0 aliphatic rings. The summed E-state index contributed by atoms with van der Waals surface area (Å²) in [7, 11) is 0. The minimum Gasteiger partial charge on any atom is -0.493 e. The van der Waals surface area contributed by atoms with Gasteiger partial charge in [-0.1, -0.05) is 110 Å². The molecule has 0 atom stereocenters. The number of amides is 2. The first kappa shape index (κ1) is 36.8. The number of ether oxygens (including phenoxy) is 1. The highest BCUT2D eigenvalue weighted by Gasteiger charge is 2.26. The molecule has 3 aromatic rings. The molecule has 0 spiro atoms. The van der Waals surface area contributed by atoms with Gasteiger partial charge < -0.3 is 15.4 Å². The molecular weight excluding hydrogens is 596 g/mol. The summed E-state index contributed by atoms with van der Waals surface area (Å²) in [4.78, 5) is 37.9. The molecule has 0 unspecified atom stereocenters. The van der Waals surface area contributed by atoms with E-state index in [0.29, 0.717) is 30.0 Å². The van der Waals surface area contributed by atoms with Gasteiger partial charge in [-0.15, -0.1) is 0 Å². The molecule has 6 nitrogen and oxygen atoms in total. The van der Waals surface area contributed by atoms with E-state index in [1.54, 1.807) is 30.3 Å². The minimum absolute atomic E-state index is 0.0229. The molecule has 2 N–H and O–H groups in total. The molecule has 0 saturated heterocycles. The maximum absolute atomic E-state index is 12.7. The van der Waals surface area contributed by atoms with E-state index in [1.165, 1.54) is 11.1 Å². The molecule has 0 bridgehead atoms. The number of hydrogen-bond acceptors (Lipinski definition) is 4. The van der Waals surface area contributed by atoms with Crippen LogP contribution in [0, 0.1) is 0 Å². The van der Waals surface area contributed by atoms with Crippen molar-refractivity contribution >= 4 is 40.6 Å². The Morgan fingerprint density at radius 2 is 1.37 bits per heavy atom. The van der Waals surface area contributed by atoms with Gasteiger partial charge in [0, 0.05) is 23.2 Å². The highest BCUT2D eigenvalue weighted by molar-refractivity contribution is 6.34. The lowest BCUT2D eigenvalue weighted by molar-refractivity contribution is -0.116. The van der Waals surface area contributed by atoms with Crippen molar-refractivity contribution in [3.63, 3.8) is 0 Å². The normalized spacial score (nSPS) is 12.0. The lowest BCUT2D eigenvalue weighted by Crippen LogP contribution is -2.21. The molecule has 0 saturated carbocycles. The second-order valence-electron chi connectivity index (χ2n) is 14.4. The van der Waals surface area contributed by atoms with Gasteiger partial charge in [0.15, 0.2) is 5.78 Å². The standard InChI is InChI=1S/C39H51ClN2O4/c1-10-38(6,7)28-18-21-34(30(23-28)39(8,9)11-2)46-22-12-13-35(44)41-29-19-20-32(31(40)24-29)42-36(45)25-33(43)26-14-16-27(17-15-26)37(3,4)5/h14-21,23-24H,10-13,22,25H2,1-9H3,(H,41,44)(H,42,45). The van der Waals surface area contributed by atoms with Gasteiger partial charge in [0.2, 0.25) is 11.8 Å². The summed E-state index contributed by atoms with van der Waals surface area (Å²) in [6.07, 6.45) is 2.56. The van der Waals surface area contributed by atoms with Crippen LogP contribution >= 0.6 is 11.6 Å². The van der Waals surface area contributed by atoms with E-state index in [9.17, 15) is 14.4 Å². The number of Topliss-reactive ketones (excluding diaryl/α,β-unsaturated/α-hetero) is 1. The fraction of sp³-hybridized carbons (Fsp3) is 0.462. The van der Waals surface area contributed by atoms with Crippen LogP contribution < -0.4 is 15.4 Å². The Morgan fingerprint density at radius 3 is 1.96 bits per heavy atom. The number of rotatable bonds is 14. The fourth-order valence-electron chi connectivity index (χ4n) is 4.93.